The molecule has 26 heavy (non-hydrogen) atoms. The first kappa shape index (κ1) is 20.8. The normalized spacial score (nSPS) is 16.8. The number of benzene rings is 1. The minimum Gasteiger partial charge on any atom is -0.489 e. The van der Waals surface area contributed by atoms with Gasteiger partial charge in [0.25, 0.3) is 0 Å². The van der Waals surface area contributed by atoms with Crippen LogP contribution in [-0.2, 0) is 4.74 Å². The Labute approximate surface area is 160 Å². The van der Waals surface area contributed by atoms with E-state index in [1.165, 1.54) is 12.8 Å². The smallest absolute Gasteiger partial charge is 0.191 e. The molecule has 0 heterocycles. The number of aliphatic hydroxyl groups excluding tert-OH is 1. The van der Waals surface area contributed by atoms with Crippen LogP contribution in [0.5, 0.6) is 5.75 Å². The summed E-state index contributed by atoms with van der Waals surface area (Å²) in [7, 11) is 0. The van der Waals surface area contributed by atoms with Crippen molar-refractivity contribution in [2.24, 2.45) is 10.9 Å². The van der Waals surface area contributed by atoms with E-state index < -0.39 is 6.10 Å². The highest BCUT2D eigenvalue weighted by molar-refractivity contribution is 6.30. The van der Waals surface area contributed by atoms with E-state index >= 15 is 0 Å². The maximum Gasteiger partial charge on any atom is 0.191 e. The predicted molar refractivity (Wildman–Crippen MR) is 105 cm³/mol. The van der Waals surface area contributed by atoms with Crippen molar-refractivity contribution >= 4 is 17.6 Å². The van der Waals surface area contributed by atoms with Gasteiger partial charge in [-0.05, 0) is 56.9 Å². The Morgan fingerprint density at radius 3 is 2.69 bits per heavy atom. The molecule has 1 fully saturated rings. The van der Waals surface area contributed by atoms with Crippen LogP contribution in [0.2, 0.25) is 5.02 Å². The van der Waals surface area contributed by atoms with Crippen molar-refractivity contribution < 1.29 is 14.6 Å². The van der Waals surface area contributed by atoms with Crippen molar-refractivity contribution in [3.63, 3.8) is 0 Å². The number of rotatable bonds is 11. The molecule has 2 unspecified atom stereocenters. The molecule has 3 N–H and O–H groups in total. The number of aliphatic imine (C=N–C) groups is 1. The highest BCUT2D eigenvalue weighted by Gasteiger charge is 2.21. The van der Waals surface area contributed by atoms with Gasteiger partial charge in [-0.3, -0.25) is 4.99 Å². The van der Waals surface area contributed by atoms with Gasteiger partial charge in [-0.25, -0.2) is 0 Å². The van der Waals surface area contributed by atoms with Gasteiger partial charge in [-0.2, -0.15) is 0 Å². The highest BCUT2D eigenvalue weighted by atomic mass is 35.5. The van der Waals surface area contributed by atoms with Crippen LogP contribution in [-0.4, -0.2) is 56.1 Å². The molecule has 0 aliphatic heterocycles. The van der Waals surface area contributed by atoms with Crippen LogP contribution in [0.25, 0.3) is 0 Å². The topological polar surface area (TPSA) is 75.1 Å². The Hall–Kier alpha value is -1.50. The summed E-state index contributed by atoms with van der Waals surface area (Å²) in [5.74, 6) is 2.13. The number of hydrogen-bond acceptors (Lipinski definition) is 4. The molecule has 6 nitrogen and oxygen atoms in total. The maximum atomic E-state index is 9.97. The Balaban J connectivity index is 1.69. The van der Waals surface area contributed by atoms with Gasteiger partial charge < -0.3 is 25.2 Å². The van der Waals surface area contributed by atoms with E-state index in [0.29, 0.717) is 36.6 Å². The summed E-state index contributed by atoms with van der Waals surface area (Å²) in [6, 6.07) is 7.29. The van der Waals surface area contributed by atoms with Crippen LogP contribution in [0.3, 0.4) is 0 Å². The average Bonchev–Trinajstić information content (AvgIpc) is 3.44. The fourth-order valence-corrected chi connectivity index (χ4v) is 2.40. The van der Waals surface area contributed by atoms with E-state index in [9.17, 15) is 5.11 Å². The summed E-state index contributed by atoms with van der Waals surface area (Å²) in [6.07, 6.45) is 1.86. The quantitative estimate of drug-likeness (QED) is 0.404. The molecular weight excluding hydrogens is 354 g/mol. The van der Waals surface area contributed by atoms with E-state index in [2.05, 4.69) is 15.6 Å². The summed E-state index contributed by atoms with van der Waals surface area (Å²) in [5, 5.41) is 17.0. The molecule has 1 aromatic carbocycles. The summed E-state index contributed by atoms with van der Waals surface area (Å²) >= 11 is 5.87. The molecule has 0 amide bonds. The SMILES string of the molecule is CCNC(=NCC(O)COCC1CC1)NCC(C)Oc1ccc(Cl)cc1. The van der Waals surface area contributed by atoms with E-state index in [-0.39, 0.29) is 6.10 Å². The lowest BCUT2D eigenvalue weighted by Crippen LogP contribution is -2.42. The van der Waals surface area contributed by atoms with Gasteiger partial charge >= 0.3 is 0 Å². The second-order valence-corrected chi connectivity index (χ2v) is 7.05. The zero-order chi connectivity index (χ0) is 18.8. The largest absolute Gasteiger partial charge is 0.489 e. The number of ether oxygens (including phenoxy) is 2. The van der Waals surface area contributed by atoms with Crippen molar-refractivity contribution in [3.05, 3.63) is 29.3 Å². The monoisotopic (exact) mass is 383 g/mol. The number of halogens is 1. The number of guanidine groups is 1. The molecule has 1 aliphatic carbocycles. The van der Waals surface area contributed by atoms with Crippen molar-refractivity contribution in [2.75, 3.05) is 32.8 Å². The number of hydrogen-bond donors (Lipinski definition) is 3. The maximum absolute atomic E-state index is 9.97. The molecule has 1 saturated carbocycles. The molecule has 7 heteroatoms. The van der Waals surface area contributed by atoms with Crippen molar-refractivity contribution in [2.45, 2.75) is 38.9 Å². The first-order valence-electron chi connectivity index (χ1n) is 9.27. The van der Waals surface area contributed by atoms with Gasteiger partial charge in [0, 0.05) is 18.2 Å². The molecule has 2 rings (SSSR count). The Morgan fingerprint density at radius 2 is 2.04 bits per heavy atom. The molecule has 0 saturated heterocycles. The molecule has 0 radical (unpaired) electrons. The molecular formula is C19H30ClN3O3. The minimum absolute atomic E-state index is 0.0492. The third-order valence-electron chi connectivity index (χ3n) is 3.87. The number of nitrogens with zero attached hydrogens (tertiary/aromatic N) is 1. The first-order chi connectivity index (χ1) is 12.6. The minimum atomic E-state index is -0.591. The summed E-state index contributed by atoms with van der Waals surface area (Å²) < 4.78 is 11.3. The van der Waals surface area contributed by atoms with Crippen LogP contribution < -0.4 is 15.4 Å². The molecule has 146 valence electrons. The Kier molecular flexibility index (Phi) is 9.01. The molecule has 1 aromatic rings. The standard InChI is InChI=1S/C19H30ClN3O3/c1-3-21-19(23-11-17(24)13-25-12-15-4-5-15)22-10-14(2)26-18-8-6-16(20)7-9-18/h6-9,14-15,17,24H,3-5,10-13H2,1-2H3,(H2,21,22,23). The first-order valence-corrected chi connectivity index (χ1v) is 9.64. The van der Waals surface area contributed by atoms with E-state index in [0.717, 1.165) is 18.9 Å². The summed E-state index contributed by atoms with van der Waals surface area (Å²) in [4.78, 5) is 4.41. The van der Waals surface area contributed by atoms with Gasteiger partial charge in [0.15, 0.2) is 5.96 Å². The van der Waals surface area contributed by atoms with Crippen molar-refractivity contribution in [3.8, 4) is 5.75 Å². The zero-order valence-corrected chi connectivity index (χ0v) is 16.3. The fraction of sp³-hybridized carbons (Fsp3) is 0.632. The van der Waals surface area contributed by atoms with Crippen molar-refractivity contribution in [1.82, 2.24) is 10.6 Å². The van der Waals surface area contributed by atoms with Crippen LogP contribution in [0.15, 0.2) is 29.3 Å². The van der Waals surface area contributed by atoms with Crippen LogP contribution >= 0.6 is 11.6 Å². The predicted octanol–water partition coefficient (Wildman–Crippen LogP) is 2.45. The summed E-state index contributed by atoms with van der Waals surface area (Å²) in [5.41, 5.74) is 0. The summed E-state index contributed by atoms with van der Waals surface area (Å²) in [6.45, 7) is 6.68. The third kappa shape index (κ3) is 8.74. The second-order valence-electron chi connectivity index (χ2n) is 6.62. The molecule has 1 aliphatic rings. The molecule has 0 aromatic heterocycles. The van der Waals surface area contributed by atoms with Crippen molar-refractivity contribution in [1.29, 1.82) is 0 Å². The lowest BCUT2D eigenvalue weighted by atomic mass is 10.3. The molecule has 2 atom stereocenters. The number of nitrogens with one attached hydrogen (secondary N) is 2. The van der Waals surface area contributed by atoms with E-state index in [1.54, 1.807) is 12.1 Å². The highest BCUT2D eigenvalue weighted by Crippen LogP contribution is 2.28. The Bertz CT molecular complexity index is 549. The Morgan fingerprint density at radius 1 is 1.31 bits per heavy atom. The van der Waals surface area contributed by atoms with Gasteiger partial charge in [0.2, 0.25) is 0 Å². The van der Waals surface area contributed by atoms with Gasteiger partial charge in [-0.1, -0.05) is 11.6 Å². The van der Waals surface area contributed by atoms with E-state index in [4.69, 9.17) is 21.1 Å². The lowest BCUT2D eigenvalue weighted by Gasteiger charge is -2.18. The molecule has 0 bridgehead atoms. The molecule has 0 spiro atoms. The van der Waals surface area contributed by atoms with Gasteiger partial charge in [0.1, 0.15) is 11.9 Å². The van der Waals surface area contributed by atoms with E-state index in [1.807, 2.05) is 26.0 Å². The lowest BCUT2D eigenvalue weighted by molar-refractivity contribution is 0.0368. The fourth-order valence-electron chi connectivity index (χ4n) is 2.27. The van der Waals surface area contributed by atoms with Crippen LogP contribution in [0, 0.1) is 5.92 Å². The van der Waals surface area contributed by atoms with Crippen LogP contribution in [0.1, 0.15) is 26.7 Å². The third-order valence-corrected chi connectivity index (χ3v) is 4.12. The van der Waals surface area contributed by atoms with Crippen LogP contribution in [0.4, 0.5) is 0 Å². The van der Waals surface area contributed by atoms with Gasteiger partial charge in [0.05, 0.1) is 25.8 Å². The average molecular weight is 384 g/mol. The zero-order valence-electron chi connectivity index (χ0n) is 15.6. The van der Waals surface area contributed by atoms with Gasteiger partial charge in [-0.15, -0.1) is 0 Å². The second kappa shape index (κ2) is 11.3. The number of aliphatic hydroxyl groups is 1.